The van der Waals surface area contributed by atoms with Crippen molar-refractivity contribution < 1.29 is 13.2 Å². The van der Waals surface area contributed by atoms with Crippen molar-refractivity contribution in [3.8, 4) is 11.3 Å². The van der Waals surface area contributed by atoms with Crippen LogP contribution >= 0.6 is 0 Å². The summed E-state index contributed by atoms with van der Waals surface area (Å²) in [4.78, 5) is 23.7. The normalized spacial score (nSPS) is 14.8. The molecule has 1 fully saturated rings. The molecule has 8 heteroatoms. The van der Waals surface area contributed by atoms with Gasteiger partial charge in [-0.25, -0.2) is 13.4 Å². The number of carbonyl (C=O) groups is 1. The zero-order valence-electron chi connectivity index (χ0n) is 17.9. The number of hydrogen-bond acceptors (Lipinski definition) is 6. The van der Waals surface area contributed by atoms with Gasteiger partial charge in [-0.05, 0) is 43.0 Å². The van der Waals surface area contributed by atoms with Crippen molar-refractivity contribution in [1.82, 2.24) is 14.9 Å². The van der Waals surface area contributed by atoms with Gasteiger partial charge in [0.05, 0.1) is 23.0 Å². The molecule has 0 spiro atoms. The number of amides is 1. The third kappa shape index (κ3) is 5.31. The Labute approximate surface area is 188 Å². The molecule has 0 atom stereocenters. The molecule has 2 heterocycles. The Bertz CT molecular complexity index is 1160. The first kappa shape index (κ1) is 22.0. The maximum atomic E-state index is 12.6. The molecule has 1 aliphatic heterocycles. The number of aromatic nitrogens is 2. The summed E-state index contributed by atoms with van der Waals surface area (Å²) in [5.41, 5.74) is 2.24. The van der Waals surface area contributed by atoms with Crippen LogP contribution in [0.5, 0.6) is 0 Å². The standard InChI is InChI=1S/C24H26N4O3S/c1-32(30,31)21-9-7-19(8-10-21)22-16-27-23(17-25-22)26-15-18-11-13-28(14-12-18)24(29)20-5-3-2-4-6-20/h2-10,16-18H,11-15H2,1H3,(H,26,27). The lowest BCUT2D eigenvalue weighted by molar-refractivity contribution is 0.0695. The number of nitrogens with zero attached hydrogens (tertiary/aromatic N) is 3. The van der Waals surface area contributed by atoms with Crippen LogP contribution in [0.2, 0.25) is 0 Å². The Morgan fingerprint density at radius 1 is 1.00 bits per heavy atom. The van der Waals surface area contributed by atoms with E-state index in [1.807, 2.05) is 35.2 Å². The van der Waals surface area contributed by atoms with Gasteiger partial charge in [0, 0.05) is 37.0 Å². The van der Waals surface area contributed by atoms with E-state index in [0.717, 1.165) is 43.6 Å². The van der Waals surface area contributed by atoms with Gasteiger partial charge in [-0.1, -0.05) is 30.3 Å². The van der Waals surface area contributed by atoms with Crippen LogP contribution in [0.1, 0.15) is 23.2 Å². The third-order valence-corrected chi connectivity index (χ3v) is 6.85. The zero-order valence-corrected chi connectivity index (χ0v) is 18.8. The average Bonchev–Trinajstić information content (AvgIpc) is 2.83. The minimum atomic E-state index is -3.22. The summed E-state index contributed by atoms with van der Waals surface area (Å²) in [6, 6.07) is 16.0. The van der Waals surface area contributed by atoms with Crippen LogP contribution < -0.4 is 5.32 Å². The van der Waals surface area contributed by atoms with E-state index in [-0.39, 0.29) is 10.8 Å². The first-order valence-electron chi connectivity index (χ1n) is 10.6. The van der Waals surface area contributed by atoms with E-state index < -0.39 is 9.84 Å². The van der Waals surface area contributed by atoms with Gasteiger partial charge in [0.2, 0.25) is 0 Å². The summed E-state index contributed by atoms with van der Waals surface area (Å²) in [6.45, 7) is 2.30. The van der Waals surface area contributed by atoms with Crippen LogP contribution in [0.25, 0.3) is 11.3 Å². The number of hydrogen-bond donors (Lipinski definition) is 1. The van der Waals surface area contributed by atoms with Crippen molar-refractivity contribution >= 4 is 21.6 Å². The topological polar surface area (TPSA) is 92.3 Å². The van der Waals surface area contributed by atoms with E-state index in [1.54, 1.807) is 36.7 Å². The molecule has 166 valence electrons. The van der Waals surface area contributed by atoms with Crippen molar-refractivity contribution in [2.75, 3.05) is 31.2 Å². The molecule has 0 aliphatic carbocycles. The number of benzene rings is 2. The number of carbonyl (C=O) groups excluding carboxylic acids is 1. The van der Waals surface area contributed by atoms with Crippen LogP contribution in [0.15, 0.2) is 71.9 Å². The quantitative estimate of drug-likeness (QED) is 0.618. The summed E-state index contributed by atoms with van der Waals surface area (Å²) < 4.78 is 23.2. The first-order chi connectivity index (χ1) is 15.4. The van der Waals surface area contributed by atoms with E-state index in [9.17, 15) is 13.2 Å². The molecule has 1 aliphatic rings. The lowest BCUT2D eigenvalue weighted by Gasteiger charge is -2.32. The number of sulfone groups is 1. The van der Waals surface area contributed by atoms with Gasteiger partial charge in [0.15, 0.2) is 9.84 Å². The molecule has 2 aromatic carbocycles. The lowest BCUT2D eigenvalue weighted by atomic mass is 9.96. The van der Waals surface area contributed by atoms with Crippen LogP contribution in [-0.2, 0) is 9.84 Å². The number of anilines is 1. The fourth-order valence-corrected chi connectivity index (χ4v) is 4.42. The Kier molecular flexibility index (Phi) is 6.50. The summed E-state index contributed by atoms with van der Waals surface area (Å²) in [5.74, 6) is 1.27. The molecule has 1 N–H and O–H groups in total. The van der Waals surface area contributed by atoms with Gasteiger partial charge in [0.25, 0.3) is 5.91 Å². The molecule has 32 heavy (non-hydrogen) atoms. The first-order valence-corrected chi connectivity index (χ1v) is 12.5. The van der Waals surface area contributed by atoms with Crippen molar-refractivity contribution in [3.63, 3.8) is 0 Å². The van der Waals surface area contributed by atoms with E-state index in [4.69, 9.17) is 0 Å². The van der Waals surface area contributed by atoms with Gasteiger partial charge >= 0.3 is 0 Å². The summed E-state index contributed by atoms with van der Waals surface area (Å²) in [7, 11) is -3.22. The Morgan fingerprint density at radius 2 is 1.69 bits per heavy atom. The molecule has 1 saturated heterocycles. The third-order valence-electron chi connectivity index (χ3n) is 5.72. The van der Waals surface area contributed by atoms with Crippen molar-refractivity contribution in [3.05, 3.63) is 72.6 Å². The monoisotopic (exact) mass is 450 g/mol. The molecule has 0 saturated carbocycles. The summed E-state index contributed by atoms with van der Waals surface area (Å²) in [6.07, 6.45) is 6.45. The number of rotatable bonds is 6. The second-order valence-corrected chi connectivity index (χ2v) is 10.1. The van der Waals surface area contributed by atoms with Gasteiger partial charge in [-0.3, -0.25) is 9.78 Å². The van der Waals surface area contributed by atoms with Gasteiger partial charge < -0.3 is 10.2 Å². The van der Waals surface area contributed by atoms with Crippen LogP contribution in [0, 0.1) is 5.92 Å². The predicted octanol–water partition coefficient (Wildman–Crippen LogP) is 3.51. The number of piperidine rings is 1. The minimum absolute atomic E-state index is 0.100. The van der Waals surface area contributed by atoms with E-state index in [1.165, 1.54) is 6.26 Å². The number of likely N-dealkylation sites (tertiary alicyclic amines) is 1. The van der Waals surface area contributed by atoms with Crippen molar-refractivity contribution in [2.24, 2.45) is 5.92 Å². The highest BCUT2D eigenvalue weighted by molar-refractivity contribution is 7.90. The SMILES string of the molecule is CS(=O)(=O)c1ccc(-c2cnc(NCC3CCN(C(=O)c4ccccc4)CC3)cn2)cc1. The molecular weight excluding hydrogens is 424 g/mol. The van der Waals surface area contributed by atoms with E-state index in [2.05, 4.69) is 15.3 Å². The molecule has 4 rings (SSSR count). The smallest absolute Gasteiger partial charge is 0.253 e. The fourth-order valence-electron chi connectivity index (χ4n) is 3.79. The summed E-state index contributed by atoms with van der Waals surface area (Å²) in [5, 5.41) is 3.34. The zero-order chi connectivity index (χ0) is 22.6. The maximum absolute atomic E-state index is 12.6. The Balaban J connectivity index is 1.27. The summed E-state index contributed by atoms with van der Waals surface area (Å²) >= 11 is 0. The molecule has 3 aromatic rings. The molecule has 1 aromatic heterocycles. The molecule has 7 nitrogen and oxygen atoms in total. The van der Waals surface area contributed by atoms with Crippen LogP contribution in [0.3, 0.4) is 0 Å². The minimum Gasteiger partial charge on any atom is -0.369 e. The molecule has 0 radical (unpaired) electrons. The van der Waals surface area contributed by atoms with Gasteiger partial charge in [-0.2, -0.15) is 0 Å². The fraction of sp³-hybridized carbons (Fsp3) is 0.292. The molecule has 0 unspecified atom stereocenters. The second-order valence-electron chi connectivity index (χ2n) is 8.07. The highest BCUT2D eigenvalue weighted by atomic mass is 32.2. The highest BCUT2D eigenvalue weighted by Gasteiger charge is 2.23. The average molecular weight is 451 g/mol. The largest absolute Gasteiger partial charge is 0.369 e. The highest BCUT2D eigenvalue weighted by Crippen LogP contribution is 2.21. The number of nitrogens with one attached hydrogen (secondary N) is 1. The molecule has 1 amide bonds. The van der Waals surface area contributed by atoms with Gasteiger partial charge in [-0.15, -0.1) is 0 Å². The molecular formula is C24H26N4O3S. The van der Waals surface area contributed by atoms with Crippen LogP contribution in [0.4, 0.5) is 5.82 Å². The van der Waals surface area contributed by atoms with Crippen molar-refractivity contribution in [2.45, 2.75) is 17.7 Å². The van der Waals surface area contributed by atoms with Gasteiger partial charge in [0.1, 0.15) is 5.82 Å². The molecule has 0 bridgehead atoms. The van der Waals surface area contributed by atoms with Crippen molar-refractivity contribution in [1.29, 1.82) is 0 Å². The Morgan fingerprint density at radius 3 is 2.28 bits per heavy atom. The predicted molar refractivity (Wildman–Crippen MR) is 124 cm³/mol. The van der Waals surface area contributed by atoms with E-state index in [0.29, 0.717) is 17.4 Å². The maximum Gasteiger partial charge on any atom is 0.253 e. The second kappa shape index (κ2) is 9.48. The lowest BCUT2D eigenvalue weighted by Crippen LogP contribution is -2.39. The van der Waals surface area contributed by atoms with Crippen LogP contribution in [-0.4, -0.2) is 55.1 Å². The Hall–Kier alpha value is -3.26. The van der Waals surface area contributed by atoms with E-state index >= 15 is 0 Å².